The topological polar surface area (TPSA) is 100 Å². The average Bonchev–Trinajstić information content (AvgIpc) is 3.63. The Bertz CT molecular complexity index is 2120. The van der Waals surface area contributed by atoms with Crippen LogP contribution in [0.4, 0.5) is 8.78 Å². The highest BCUT2D eigenvalue weighted by Gasteiger charge is 2.36. The molecule has 5 aromatic rings. The first-order valence-electron chi connectivity index (χ1n) is 17.2. The van der Waals surface area contributed by atoms with E-state index < -0.39 is 11.6 Å². The minimum atomic E-state index is -0.540. The molecule has 1 amide bonds. The number of nitrogens with zero attached hydrogens (tertiary/aromatic N) is 5. The van der Waals surface area contributed by atoms with Crippen LogP contribution in [0.3, 0.4) is 0 Å². The van der Waals surface area contributed by atoms with E-state index in [0.717, 1.165) is 41.2 Å². The number of hydrogen-bond acceptors (Lipinski definition) is 6. The van der Waals surface area contributed by atoms with Crippen molar-refractivity contribution >= 4 is 38.5 Å². The number of aromatic nitrogens is 2. The Kier molecular flexibility index (Phi) is 8.99. The van der Waals surface area contributed by atoms with Crippen molar-refractivity contribution in [2.75, 3.05) is 33.7 Å². The third-order valence-corrected chi connectivity index (χ3v) is 10.2. The molecule has 3 aromatic carbocycles. The Morgan fingerprint density at radius 3 is 2.65 bits per heavy atom. The number of nitriles is 1. The fraction of sp³-hybridized carbons (Fsp3) is 0.410. The van der Waals surface area contributed by atoms with Gasteiger partial charge in [0.05, 0.1) is 23.5 Å². The number of benzene rings is 3. The number of nitrogens with two attached hydrogens (primary N) is 1. The van der Waals surface area contributed by atoms with Crippen LogP contribution in [0.25, 0.3) is 43.7 Å². The van der Waals surface area contributed by atoms with Gasteiger partial charge in [0.25, 0.3) is 0 Å². The van der Waals surface area contributed by atoms with E-state index in [2.05, 4.69) is 16.7 Å². The third kappa shape index (κ3) is 6.00. The summed E-state index contributed by atoms with van der Waals surface area (Å²) in [6.45, 7) is 4.22. The summed E-state index contributed by atoms with van der Waals surface area (Å²) in [6, 6.07) is 16.3. The largest absolute Gasteiger partial charge is 0.473 e. The van der Waals surface area contributed by atoms with Crippen molar-refractivity contribution in [3.63, 3.8) is 0 Å². The smallest absolute Gasteiger partial charge is 0.223 e. The summed E-state index contributed by atoms with van der Waals surface area (Å²) in [7, 11) is 3.94. The molecule has 3 heterocycles. The second-order valence-corrected chi connectivity index (χ2v) is 13.9. The zero-order valence-electron chi connectivity index (χ0n) is 28.3. The van der Waals surface area contributed by atoms with Crippen molar-refractivity contribution in [1.82, 2.24) is 19.4 Å². The third-order valence-electron chi connectivity index (χ3n) is 10.2. The Hall–Kier alpha value is -4.59. The zero-order valence-corrected chi connectivity index (χ0v) is 28.3. The lowest BCUT2D eigenvalue weighted by molar-refractivity contribution is -0.128. The van der Waals surface area contributed by atoms with E-state index in [-0.39, 0.29) is 35.9 Å². The summed E-state index contributed by atoms with van der Waals surface area (Å²) in [5.41, 5.74) is 9.66. The van der Waals surface area contributed by atoms with E-state index in [1.54, 1.807) is 12.1 Å². The number of carbonyl (C=O) groups excluding carboxylic acids is 1. The van der Waals surface area contributed by atoms with Crippen LogP contribution in [0.2, 0.25) is 0 Å². The predicted octanol–water partition coefficient (Wildman–Crippen LogP) is 7.11. The van der Waals surface area contributed by atoms with Crippen LogP contribution in [-0.2, 0) is 17.8 Å². The van der Waals surface area contributed by atoms with Gasteiger partial charge < -0.3 is 24.8 Å². The second-order valence-electron chi connectivity index (χ2n) is 13.9. The lowest BCUT2D eigenvalue weighted by Crippen LogP contribution is -2.36. The van der Waals surface area contributed by atoms with E-state index in [0.29, 0.717) is 72.4 Å². The monoisotopic (exact) mass is 664 g/mol. The Balaban J connectivity index is 1.55. The summed E-state index contributed by atoms with van der Waals surface area (Å²) in [5, 5.41) is 12.4. The summed E-state index contributed by atoms with van der Waals surface area (Å²) in [5.74, 6) is -0.270. The molecule has 2 aromatic heterocycles. The highest BCUT2D eigenvalue weighted by atomic mass is 19.1. The van der Waals surface area contributed by atoms with Crippen molar-refractivity contribution in [3.8, 4) is 23.1 Å². The van der Waals surface area contributed by atoms with E-state index in [1.807, 2.05) is 49.0 Å². The molecule has 8 nitrogen and oxygen atoms in total. The van der Waals surface area contributed by atoms with Gasteiger partial charge in [-0.1, -0.05) is 24.3 Å². The predicted molar refractivity (Wildman–Crippen MR) is 188 cm³/mol. The number of pyridine rings is 1. The van der Waals surface area contributed by atoms with Crippen molar-refractivity contribution in [2.24, 2.45) is 11.7 Å². The fourth-order valence-corrected chi connectivity index (χ4v) is 7.87. The highest BCUT2D eigenvalue weighted by Crippen LogP contribution is 2.47. The number of rotatable bonds is 11. The lowest BCUT2D eigenvalue weighted by Gasteiger charge is -2.39. The Morgan fingerprint density at radius 1 is 1.12 bits per heavy atom. The van der Waals surface area contributed by atoms with Crippen molar-refractivity contribution in [1.29, 1.82) is 5.26 Å². The molecule has 10 heteroatoms. The fourth-order valence-electron chi connectivity index (χ4n) is 7.87. The molecule has 49 heavy (non-hydrogen) atoms. The summed E-state index contributed by atoms with van der Waals surface area (Å²) in [4.78, 5) is 21.7. The van der Waals surface area contributed by atoms with Gasteiger partial charge in [0.1, 0.15) is 17.4 Å². The Labute approximate surface area is 285 Å². The molecule has 0 unspecified atom stereocenters. The number of likely N-dealkylation sites (tertiary alicyclic amines) is 1. The molecule has 2 aliphatic rings. The van der Waals surface area contributed by atoms with E-state index in [4.69, 9.17) is 15.5 Å². The quantitative estimate of drug-likeness (QED) is 0.162. The van der Waals surface area contributed by atoms with Gasteiger partial charge in [0.2, 0.25) is 11.8 Å². The first-order valence-corrected chi connectivity index (χ1v) is 17.2. The highest BCUT2D eigenvalue weighted by molar-refractivity contribution is 6.10. The van der Waals surface area contributed by atoms with Gasteiger partial charge >= 0.3 is 0 Å². The molecule has 2 N–H and O–H groups in total. The summed E-state index contributed by atoms with van der Waals surface area (Å²) in [6.07, 6.45) is 3.47. The number of likely N-dealkylation sites (N-methyl/N-ethyl adjacent to an activating group) is 1. The van der Waals surface area contributed by atoms with E-state index in [1.165, 1.54) is 12.1 Å². The lowest BCUT2D eigenvalue weighted by atomic mass is 9.79. The molecular weight excluding hydrogens is 622 g/mol. The van der Waals surface area contributed by atoms with Crippen LogP contribution in [-0.4, -0.2) is 65.1 Å². The standard InChI is InChI=1S/C39H42F2N6O2/c1-23(21-45(2)3)49-39-32-19-28(22-46-16-6-10-34(46)48)47(33-14-12-26(33)20-43)38(32)31-17-25(8-5-15-42)35(36(41)37(31)44-39)29-9-4-7-24-11-13-27(40)18-30(24)29/h4,7,9,11,13,17-19,23,26,33H,5-6,8,10,12,14,16,20-22,43H2,1-3H3/t23-,26+,33+/m0/s1. The van der Waals surface area contributed by atoms with Crippen molar-refractivity contribution in [2.45, 2.75) is 64.1 Å². The molecule has 0 spiro atoms. The maximum Gasteiger partial charge on any atom is 0.223 e. The Morgan fingerprint density at radius 2 is 1.96 bits per heavy atom. The van der Waals surface area contributed by atoms with Crippen LogP contribution in [0.1, 0.15) is 56.3 Å². The molecule has 1 saturated heterocycles. The van der Waals surface area contributed by atoms with Gasteiger partial charge in [-0.15, -0.1) is 0 Å². The average molecular weight is 665 g/mol. The van der Waals surface area contributed by atoms with Gasteiger partial charge in [-0.3, -0.25) is 4.79 Å². The number of halogens is 2. The van der Waals surface area contributed by atoms with E-state index in [9.17, 15) is 14.4 Å². The summed E-state index contributed by atoms with van der Waals surface area (Å²) >= 11 is 0. The number of fused-ring (bicyclic) bond motifs is 4. The van der Waals surface area contributed by atoms with Gasteiger partial charge in [0, 0.05) is 48.6 Å². The SMILES string of the molecule is C[C@@H](CN(C)C)Oc1nc2c(F)c(-c3cccc4ccc(F)cc34)c(CCC#N)cc2c2c1cc(CN1CCCC1=O)n2[C@@H]1CC[C@@H]1CN. The van der Waals surface area contributed by atoms with Crippen LogP contribution in [0, 0.1) is 28.9 Å². The van der Waals surface area contributed by atoms with Crippen LogP contribution in [0.5, 0.6) is 5.88 Å². The minimum absolute atomic E-state index is 0.0687. The van der Waals surface area contributed by atoms with Gasteiger partial charge in [0.15, 0.2) is 5.82 Å². The van der Waals surface area contributed by atoms with Gasteiger partial charge in [-0.25, -0.2) is 13.8 Å². The maximum absolute atomic E-state index is 17.5. The molecule has 254 valence electrons. The van der Waals surface area contributed by atoms with E-state index >= 15 is 4.39 Å². The number of amides is 1. The van der Waals surface area contributed by atoms with Gasteiger partial charge in [-0.05, 0) is 105 Å². The molecule has 7 rings (SSSR count). The number of carbonyl (C=O) groups is 1. The molecule has 1 saturated carbocycles. The summed E-state index contributed by atoms with van der Waals surface area (Å²) < 4.78 is 40.9. The number of hydrogen-bond donors (Lipinski definition) is 1. The molecule has 1 aliphatic carbocycles. The normalized spacial score (nSPS) is 18.5. The number of aryl methyl sites for hydroxylation is 1. The maximum atomic E-state index is 17.5. The van der Waals surface area contributed by atoms with Crippen molar-refractivity contribution in [3.05, 3.63) is 71.4 Å². The van der Waals surface area contributed by atoms with Crippen LogP contribution >= 0.6 is 0 Å². The van der Waals surface area contributed by atoms with Crippen LogP contribution < -0.4 is 10.5 Å². The first-order chi connectivity index (χ1) is 23.7. The minimum Gasteiger partial charge on any atom is -0.473 e. The van der Waals surface area contributed by atoms with Gasteiger partial charge in [-0.2, -0.15) is 5.26 Å². The van der Waals surface area contributed by atoms with Crippen LogP contribution in [0.15, 0.2) is 48.5 Å². The molecule has 0 radical (unpaired) electrons. The molecule has 2 fully saturated rings. The molecule has 1 aliphatic heterocycles. The number of ether oxygens (including phenoxy) is 1. The second kappa shape index (κ2) is 13.4. The zero-order chi connectivity index (χ0) is 34.4. The first kappa shape index (κ1) is 32.9. The molecular formula is C39H42F2N6O2. The molecule has 0 bridgehead atoms. The van der Waals surface area contributed by atoms with Crippen molar-refractivity contribution < 1.29 is 18.3 Å². The molecule has 3 atom stereocenters.